The summed E-state index contributed by atoms with van der Waals surface area (Å²) in [6.45, 7) is 1.92. The van der Waals surface area contributed by atoms with E-state index in [2.05, 4.69) is 15.9 Å². The predicted molar refractivity (Wildman–Crippen MR) is 82.6 cm³/mol. The maximum Gasteiger partial charge on any atom is 0.139 e. The summed E-state index contributed by atoms with van der Waals surface area (Å²) >= 11 is 9.49. The van der Waals surface area contributed by atoms with Crippen LogP contribution in [0.25, 0.3) is 0 Å². The van der Waals surface area contributed by atoms with Gasteiger partial charge in [-0.25, -0.2) is 0 Å². The fraction of sp³-hybridized carbons (Fsp3) is 0.200. The molecule has 0 aliphatic rings. The van der Waals surface area contributed by atoms with E-state index in [0.29, 0.717) is 5.02 Å². The predicted octanol–water partition coefficient (Wildman–Crippen LogP) is 4.57. The molecule has 0 bridgehead atoms. The summed E-state index contributed by atoms with van der Waals surface area (Å²) in [6.07, 6.45) is -0.239. The van der Waals surface area contributed by atoms with E-state index in [4.69, 9.17) is 22.1 Å². The third-order valence-electron chi connectivity index (χ3n) is 2.75. The van der Waals surface area contributed by atoms with E-state index in [1.165, 1.54) is 0 Å². The monoisotopic (exact) mass is 339 g/mol. The highest BCUT2D eigenvalue weighted by molar-refractivity contribution is 9.10. The molecule has 4 heteroatoms. The molecule has 0 aromatic heterocycles. The Bertz CT molecular complexity index is 559. The van der Waals surface area contributed by atoms with Gasteiger partial charge in [0.05, 0.1) is 4.47 Å². The molecule has 0 spiro atoms. The molecule has 2 aromatic rings. The second-order valence-electron chi connectivity index (χ2n) is 4.38. The topological polar surface area (TPSA) is 35.2 Å². The second-order valence-corrected chi connectivity index (χ2v) is 5.67. The number of rotatable bonds is 4. The lowest BCUT2D eigenvalue weighted by Crippen LogP contribution is -2.29. The van der Waals surface area contributed by atoms with Crippen LogP contribution >= 0.6 is 27.5 Å². The normalized spacial score (nSPS) is 13.9. The van der Waals surface area contributed by atoms with Crippen LogP contribution in [0.3, 0.4) is 0 Å². The first-order valence-electron chi connectivity index (χ1n) is 6.00. The number of hydrogen-bond donors (Lipinski definition) is 1. The molecular weight excluding hydrogens is 326 g/mol. The number of ether oxygens (including phenoxy) is 1. The lowest BCUT2D eigenvalue weighted by molar-refractivity contribution is 0.179. The second kappa shape index (κ2) is 6.42. The summed E-state index contributed by atoms with van der Waals surface area (Å²) < 4.78 is 6.92. The molecule has 0 radical (unpaired) electrons. The first-order valence-corrected chi connectivity index (χ1v) is 7.17. The van der Waals surface area contributed by atoms with Gasteiger partial charge in [-0.1, -0.05) is 35.9 Å². The van der Waals surface area contributed by atoms with Crippen LogP contribution in [0.15, 0.2) is 53.0 Å². The highest BCUT2D eigenvalue weighted by Crippen LogP contribution is 2.31. The smallest absolute Gasteiger partial charge is 0.139 e. The van der Waals surface area contributed by atoms with Crippen molar-refractivity contribution < 1.29 is 4.74 Å². The fourth-order valence-electron chi connectivity index (χ4n) is 1.84. The van der Waals surface area contributed by atoms with E-state index in [9.17, 15) is 0 Å². The number of benzene rings is 2. The van der Waals surface area contributed by atoms with E-state index in [1.807, 2.05) is 55.5 Å². The third-order valence-corrected chi connectivity index (χ3v) is 3.64. The molecule has 0 saturated heterocycles. The van der Waals surface area contributed by atoms with Crippen LogP contribution in [0.4, 0.5) is 0 Å². The van der Waals surface area contributed by atoms with Crippen LogP contribution in [-0.4, -0.2) is 6.04 Å². The summed E-state index contributed by atoms with van der Waals surface area (Å²) in [7, 11) is 0. The minimum Gasteiger partial charge on any atom is -0.483 e. The van der Waals surface area contributed by atoms with Gasteiger partial charge in [-0.2, -0.15) is 0 Å². The highest BCUT2D eigenvalue weighted by Gasteiger charge is 2.19. The Morgan fingerprint density at radius 1 is 1.16 bits per heavy atom. The van der Waals surface area contributed by atoms with E-state index in [-0.39, 0.29) is 12.1 Å². The van der Waals surface area contributed by atoms with Crippen LogP contribution in [0, 0.1) is 0 Å². The molecule has 0 saturated carbocycles. The molecule has 2 aromatic carbocycles. The quantitative estimate of drug-likeness (QED) is 0.885. The lowest BCUT2D eigenvalue weighted by atomic mass is 10.0. The van der Waals surface area contributed by atoms with Crippen LogP contribution < -0.4 is 10.5 Å². The summed E-state index contributed by atoms with van der Waals surface area (Å²) in [5, 5.41) is 0.680. The Hall–Kier alpha value is -1.03. The number of nitrogens with two attached hydrogens (primary N) is 1. The number of hydrogen-bond acceptors (Lipinski definition) is 2. The summed E-state index contributed by atoms with van der Waals surface area (Å²) in [5.41, 5.74) is 7.00. The van der Waals surface area contributed by atoms with Gasteiger partial charge in [0, 0.05) is 11.1 Å². The average Bonchev–Trinajstić information content (AvgIpc) is 2.37. The Balaban J connectivity index is 2.29. The minimum atomic E-state index is -0.239. The zero-order valence-electron chi connectivity index (χ0n) is 10.5. The van der Waals surface area contributed by atoms with Gasteiger partial charge in [-0.3, -0.25) is 0 Å². The van der Waals surface area contributed by atoms with Crippen molar-refractivity contribution in [3.63, 3.8) is 0 Å². The Labute approximate surface area is 126 Å². The third kappa shape index (κ3) is 3.72. The molecule has 0 heterocycles. The maximum atomic E-state index is 6.03. The number of para-hydroxylation sites is 1. The molecular formula is C15H15BrClNO. The van der Waals surface area contributed by atoms with Gasteiger partial charge >= 0.3 is 0 Å². The van der Waals surface area contributed by atoms with Gasteiger partial charge in [0.15, 0.2) is 0 Å². The fourth-order valence-corrected chi connectivity index (χ4v) is 2.42. The molecule has 2 nitrogen and oxygen atoms in total. The standard InChI is InChI=1S/C15H15BrClNO/c1-10(18)15(11-5-4-6-12(17)9-11)19-14-8-3-2-7-13(14)16/h2-10,15H,18H2,1H3. The van der Waals surface area contributed by atoms with Gasteiger partial charge in [0.25, 0.3) is 0 Å². The summed E-state index contributed by atoms with van der Waals surface area (Å²) in [4.78, 5) is 0. The highest BCUT2D eigenvalue weighted by atomic mass is 79.9. The lowest BCUT2D eigenvalue weighted by Gasteiger charge is -2.23. The first-order chi connectivity index (χ1) is 9.08. The van der Waals surface area contributed by atoms with Gasteiger partial charge in [0.1, 0.15) is 11.9 Å². The summed E-state index contributed by atoms with van der Waals surface area (Å²) in [5.74, 6) is 0.768. The molecule has 0 fully saturated rings. The van der Waals surface area contributed by atoms with Crippen molar-refractivity contribution in [3.8, 4) is 5.75 Å². The maximum absolute atomic E-state index is 6.03. The molecule has 2 atom stereocenters. The van der Waals surface area contributed by atoms with Crippen molar-refractivity contribution >= 4 is 27.5 Å². The van der Waals surface area contributed by atoms with Crippen LogP contribution in [-0.2, 0) is 0 Å². The van der Waals surface area contributed by atoms with E-state index in [0.717, 1.165) is 15.8 Å². The van der Waals surface area contributed by atoms with Gasteiger partial charge in [0.2, 0.25) is 0 Å². The average molecular weight is 341 g/mol. The van der Waals surface area contributed by atoms with E-state index in [1.54, 1.807) is 0 Å². The SMILES string of the molecule is CC(N)C(Oc1ccccc1Br)c1cccc(Cl)c1. The largest absolute Gasteiger partial charge is 0.483 e. The molecule has 100 valence electrons. The Morgan fingerprint density at radius 2 is 1.89 bits per heavy atom. The molecule has 19 heavy (non-hydrogen) atoms. The van der Waals surface area contributed by atoms with Crippen molar-refractivity contribution in [3.05, 3.63) is 63.6 Å². The van der Waals surface area contributed by atoms with Crippen molar-refractivity contribution in [2.24, 2.45) is 5.73 Å². The van der Waals surface area contributed by atoms with Gasteiger partial charge < -0.3 is 10.5 Å². The van der Waals surface area contributed by atoms with Crippen molar-refractivity contribution in [1.82, 2.24) is 0 Å². The molecule has 0 aliphatic heterocycles. The van der Waals surface area contributed by atoms with Crippen LogP contribution in [0.1, 0.15) is 18.6 Å². The molecule has 2 rings (SSSR count). The van der Waals surface area contributed by atoms with Crippen molar-refractivity contribution in [2.75, 3.05) is 0 Å². The number of halogens is 2. The zero-order valence-corrected chi connectivity index (χ0v) is 12.9. The minimum absolute atomic E-state index is 0.148. The van der Waals surface area contributed by atoms with Crippen LogP contribution in [0.5, 0.6) is 5.75 Å². The molecule has 2 N–H and O–H groups in total. The van der Waals surface area contributed by atoms with E-state index >= 15 is 0 Å². The van der Waals surface area contributed by atoms with Crippen molar-refractivity contribution in [1.29, 1.82) is 0 Å². The summed E-state index contributed by atoms with van der Waals surface area (Å²) in [6, 6.07) is 15.1. The van der Waals surface area contributed by atoms with Gasteiger partial charge in [-0.15, -0.1) is 0 Å². The van der Waals surface area contributed by atoms with Gasteiger partial charge in [-0.05, 0) is 52.7 Å². The van der Waals surface area contributed by atoms with Crippen molar-refractivity contribution in [2.45, 2.75) is 19.1 Å². The molecule has 0 aliphatic carbocycles. The van der Waals surface area contributed by atoms with Crippen LogP contribution in [0.2, 0.25) is 5.02 Å². The molecule has 0 amide bonds. The Kier molecular flexibility index (Phi) is 4.86. The zero-order chi connectivity index (χ0) is 13.8. The molecule has 2 unspecified atom stereocenters. The first kappa shape index (κ1) is 14.4. The van der Waals surface area contributed by atoms with E-state index < -0.39 is 0 Å². The Morgan fingerprint density at radius 3 is 2.53 bits per heavy atom.